The zero-order valence-electron chi connectivity index (χ0n) is 14.7. The van der Waals surface area contributed by atoms with Gasteiger partial charge in [-0.05, 0) is 13.1 Å². The highest BCUT2D eigenvalue weighted by Crippen LogP contribution is 2.37. The maximum atomic E-state index is 13.2. The van der Waals surface area contributed by atoms with Crippen molar-refractivity contribution < 1.29 is 18.0 Å². The molecule has 1 aromatic heterocycles. The van der Waals surface area contributed by atoms with Gasteiger partial charge in [-0.15, -0.1) is 0 Å². The number of carbonyl (C=O) groups excluding carboxylic acids is 1. The lowest BCUT2D eigenvalue weighted by molar-refractivity contribution is -0.185. The molecule has 1 aromatic rings. The molecule has 1 amide bonds. The topological polar surface area (TPSA) is 52.2 Å². The summed E-state index contributed by atoms with van der Waals surface area (Å²) in [4.78, 5) is 15.4. The van der Waals surface area contributed by atoms with Gasteiger partial charge in [0.25, 0.3) is 0 Å². The average Bonchev–Trinajstić information content (AvgIpc) is 3.03. The molecular formula is C16H25F3N4O. The van der Waals surface area contributed by atoms with E-state index in [9.17, 15) is 18.0 Å². The van der Waals surface area contributed by atoms with Crippen LogP contribution in [0.1, 0.15) is 32.2 Å². The average molecular weight is 346 g/mol. The molecule has 8 heteroatoms. The second-order valence-electron chi connectivity index (χ2n) is 7.70. The standard InChI is InChI=1S/C16H25F3N4O/c1-15(2,3)13-6-10(20-21-13)7-23(5)14(24)11-8-22(4)9-12(11)16(17,18)19/h6,11-12H,7-9H2,1-5H3,(H,20,21)/t11-,12-/m1/s1. The van der Waals surface area contributed by atoms with Crippen molar-refractivity contribution in [3.8, 4) is 0 Å². The van der Waals surface area contributed by atoms with Crippen LogP contribution in [0.25, 0.3) is 0 Å². The second kappa shape index (κ2) is 6.38. The second-order valence-corrected chi connectivity index (χ2v) is 7.70. The summed E-state index contributed by atoms with van der Waals surface area (Å²) in [5, 5.41) is 7.07. The Morgan fingerprint density at radius 3 is 2.50 bits per heavy atom. The minimum Gasteiger partial charge on any atom is -0.340 e. The molecule has 0 spiro atoms. The van der Waals surface area contributed by atoms with E-state index in [2.05, 4.69) is 10.2 Å². The Hall–Kier alpha value is -1.57. The van der Waals surface area contributed by atoms with Gasteiger partial charge in [-0.25, -0.2) is 0 Å². The molecule has 0 aliphatic carbocycles. The summed E-state index contributed by atoms with van der Waals surface area (Å²) in [5.74, 6) is -3.14. The van der Waals surface area contributed by atoms with Crippen molar-refractivity contribution in [1.82, 2.24) is 20.0 Å². The van der Waals surface area contributed by atoms with E-state index in [0.717, 1.165) is 5.69 Å². The number of hydrogen-bond acceptors (Lipinski definition) is 3. The molecule has 0 radical (unpaired) electrons. The summed E-state index contributed by atoms with van der Waals surface area (Å²) in [6.07, 6.45) is -4.36. The Bertz CT molecular complexity index is 591. The molecular weight excluding hydrogens is 321 g/mol. The number of carbonyl (C=O) groups is 1. The fourth-order valence-electron chi connectivity index (χ4n) is 3.03. The van der Waals surface area contributed by atoms with E-state index in [0.29, 0.717) is 5.69 Å². The molecule has 24 heavy (non-hydrogen) atoms. The molecule has 136 valence electrons. The normalized spacial score (nSPS) is 22.8. The third-order valence-electron chi connectivity index (χ3n) is 4.42. The summed E-state index contributed by atoms with van der Waals surface area (Å²) in [6.45, 7) is 6.26. The van der Waals surface area contributed by atoms with Gasteiger partial charge in [0, 0.05) is 25.6 Å². The van der Waals surface area contributed by atoms with Gasteiger partial charge in [0.05, 0.1) is 29.8 Å². The van der Waals surface area contributed by atoms with Crippen LogP contribution in [0.2, 0.25) is 0 Å². The highest BCUT2D eigenvalue weighted by atomic mass is 19.4. The van der Waals surface area contributed by atoms with Gasteiger partial charge in [-0.1, -0.05) is 20.8 Å². The first-order chi connectivity index (χ1) is 10.9. The van der Waals surface area contributed by atoms with Crippen molar-refractivity contribution in [1.29, 1.82) is 0 Å². The van der Waals surface area contributed by atoms with Gasteiger partial charge in [-0.3, -0.25) is 9.89 Å². The summed E-state index contributed by atoms with van der Waals surface area (Å²) >= 11 is 0. The predicted molar refractivity (Wildman–Crippen MR) is 84.3 cm³/mol. The number of likely N-dealkylation sites (tertiary alicyclic amines) is 1. The van der Waals surface area contributed by atoms with E-state index < -0.39 is 23.9 Å². The maximum Gasteiger partial charge on any atom is 0.393 e. The molecule has 1 N–H and O–H groups in total. The van der Waals surface area contributed by atoms with Crippen molar-refractivity contribution in [3.63, 3.8) is 0 Å². The number of H-pyrrole nitrogens is 1. The minimum absolute atomic E-state index is 0.129. The quantitative estimate of drug-likeness (QED) is 0.914. The van der Waals surface area contributed by atoms with Gasteiger partial charge in [0.15, 0.2) is 0 Å². The van der Waals surface area contributed by atoms with Gasteiger partial charge >= 0.3 is 6.18 Å². The summed E-state index contributed by atoms with van der Waals surface area (Å²) in [5.41, 5.74) is 1.44. The highest BCUT2D eigenvalue weighted by Gasteiger charge is 2.52. The van der Waals surface area contributed by atoms with Crippen LogP contribution < -0.4 is 0 Å². The molecule has 0 saturated carbocycles. The SMILES string of the molecule is CN1C[C@@H](C(F)(F)F)[C@H](C(=O)N(C)Cc2cc(C(C)(C)C)n[nH]2)C1. The van der Waals surface area contributed by atoms with Gasteiger partial charge in [0.1, 0.15) is 0 Å². The van der Waals surface area contributed by atoms with Crippen LogP contribution in [0.4, 0.5) is 13.2 Å². The number of nitrogens with one attached hydrogen (secondary N) is 1. The molecule has 1 aliphatic heterocycles. The van der Waals surface area contributed by atoms with Crippen LogP contribution in [0.15, 0.2) is 6.07 Å². The molecule has 2 rings (SSSR count). The minimum atomic E-state index is -4.36. The van der Waals surface area contributed by atoms with Crippen LogP contribution in [0, 0.1) is 11.8 Å². The first kappa shape index (κ1) is 18.8. The first-order valence-electron chi connectivity index (χ1n) is 7.94. The molecule has 1 saturated heterocycles. The molecule has 2 heterocycles. The molecule has 0 aromatic carbocycles. The Balaban J connectivity index is 2.07. The van der Waals surface area contributed by atoms with Gasteiger partial charge in [0.2, 0.25) is 5.91 Å². The number of aromatic amines is 1. The van der Waals surface area contributed by atoms with E-state index in [1.165, 1.54) is 11.9 Å². The van der Waals surface area contributed by atoms with E-state index in [4.69, 9.17) is 0 Å². The van der Waals surface area contributed by atoms with Gasteiger partial charge in [-0.2, -0.15) is 18.3 Å². The number of halogens is 3. The monoisotopic (exact) mass is 346 g/mol. The number of hydrogen-bond donors (Lipinski definition) is 1. The third kappa shape index (κ3) is 4.09. The number of rotatable bonds is 3. The van der Waals surface area contributed by atoms with E-state index in [1.54, 1.807) is 11.9 Å². The smallest absolute Gasteiger partial charge is 0.340 e. The lowest BCUT2D eigenvalue weighted by Gasteiger charge is -2.25. The van der Waals surface area contributed by atoms with Gasteiger partial charge < -0.3 is 9.80 Å². The Morgan fingerprint density at radius 1 is 1.38 bits per heavy atom. The summed E-state index contributed by atoms with van der Waals surface area (Å²) < 4.78 is 39.5. The van der Waals surface area contributed by atoms with E-state index >= 15 is 0 Å². The zero-order chi connectivity index (χ0) is 18.3. The summed E-state index contributed by atoms with van der Waals surface area (Å²) in [7, 11) is 3.14. The van der Waals surface area contributed by atoms with Crippen LogP contribution in [-0.4, -0.2) is 59.3 Å². The number of aromatic nitrogens is 2. The first-order valence-corrected chi connectivity index (χ1v) is 7.94. The molecule has 0 bridgehead atoms. The largest absolute Gasteiger partial charge is 0.393 e. The maximum absolute atomic E-state index is 13.2. The van der Waals surface area contributed by atoms with E-state index in [-0.39, 0.29) is 25.0 Å². The fraction of sp³-hybridized carbons (Fsp3) is 0.750. The van der Waals surface area contributed by atoms with Crippen LogP contribution in [-0.2, 0) is 16.8 Å². The van der Waals surface area contributed by atoms with Crippen LogP contribution in [0.3, 0.4) is 0 Å². The van der Waals surface area contributed by atoms with Crippen molar-refractivity contribution in [3.05, 3.63) is 17.5 Å². The van der Waals surface area contributed by atoms with E-state index in [1.807, 2.05) is 26.8 Å². The number of alkyl halides is 3. The highest BCUT2D eigenvalue weighted by molar-refractivity contribution is 5.79. The Labute approximate surface area is 140 Å². The van der Waals surface area contributed by atoms with Crippen LogP contribution >= 0.6 is 0 Å². The fourth-order valence-corrected chi connectivity index (χ4v) is 3.03. The van der Waals surface area contributed by atoms with Crippen molar-refractivity contribution >= 4 is 5.91 Å². The third-order valence-corrected chi connectivity index (χ3v) is 4.42. The molecule has 1 aliphatic rings. The Kier molecular flexibility index (Phi) is 4.99. The number of amides is 1. The van der Waals surface area contributed by atoms with Crippen LogP contribution in [0.5, 0.6) is 0 Å². The van der Waals surface area contributed by atoms with Crippen molar-refractivity contribution in [2.45, 2.75) is 38.9 Å². The summed E-state index contributed by atoms with van der Waals surface area (Å²) in [6, 6.07) is 1.85. The zero-order valence-corrected chi connectivity index (χ0v) is 14.7. The lowest BCUT2D eigenvalue weighted by Crippen LogP contribution is -2.40. The molecule has 0 unspecified atom stereocenters. The molecule has 2 atom stereocenters. The Morgan fingerprint density at radius 2 is 2.00 bits per heavy atom. The van der Waals surface area contributed by atoms with Crippen molar-refractivity contribution in [2.75, 3.05) is 27.2 Å². The predicted octanol–water partition coefficient (Wildman–Crippen LogP) is 2.41. The lowest BCUT2D eigenvalue weighted by atomic mass is 9.92. The molecule has 1 fully saturated rings. The van der Waals surface area contributed by atoms with Crippen molar-refractivity contribution in [2.24, 2.45) is 11.8 Å². The molecule has 5 nitrogen and oxygen atoms in total. The number of nitrogens with zero attached hydrogens (tertiary/aromatic N) is 3.